The van der Waals surface area contributed by atoms with Crippen LogP contribution in [0.5, 0.6) is 0 Å². The maximum absolute atomic E-state index is 12.1. The summed E-state index contributed by atoms with van der Waals surface area (Å²) in [5, 5.41) is 3.44. The van der Waals surface area contributed by atoms with Gasteiger partial charge in [-0.05, 0) is 35.4 Å². The molecule has 0 radical (unpaired) electrons. The van der Waals surface area contributed by atoms with E-state index in [-0.39, 0.29) is 11.8 Å². The molecule has 1 unspecified atom stereocenters. The van der Waals surface area contributed by atoms with E-state index >= 15 is 0 Å². The Morgan fingerprint density at radius 2 is 2.05 bits per heavy atom. The van der Waals surface area contributed by atoms with Crippen LogP contribution in [0.2, 0.25) is 5.02 Å². The van der Waals surface area contributed by atoms with Gasteiger partial charge in [-0.2, -0.15) is 0 Å². The largest absolute Gasteiger partial charge is 0.326 e. The highest BCUT2D eigenvalue weighted by Gasteiger charge is 2.22. The quantitative estimate of drug-likeness (QED) is 0.497. The predicted octanol–water partition coefficient (Wildman–Crippen LogP) is 5.93. The van der Waals surface area contributed by atoms with Gasteiger partial charge in [-0.3, -0.25) is 4.79 Å². The molecule has 0 saturated heterocycles. The van der Waals surface area contributed by atoms with E-state index in [1.807, 2.05) is 19.9 Å². The number of hydrogen-bond donors (Lipinski definition) is 1. The lowest BCUT2D eigenvalue weighted by Gasteiger charge is -2.15. The zero-order valence-electron chi connectivity index (χ0n) is 10.8. The average Bonchev–Trinajstić information content (AvgIpc) is 2.32. The first-order valence-electron chi connectivity index (χ1n) is 5.63. The van der Waals surface area contributed by atoms with Crippen LogP contribution in [0.1, 0.15) is 12.5 Å². The molecular formula is C12H13Cl4NOS2. The third-order valence-corrected chi connectivity index (χ3v) is 6.58. The van der Waals surface area contributed by atoms with Gasteiger partial charge in [0.15, 0.2) is 0 Å². The highest BCUT2D eigenvalue weighted by molar-refractivity contribution is 8.78. The minimum absolute atomic E-state index is 0.0900. The summed E-state index contributed by atoms with van der Waals surface area (Å²) in [5.41, 5.74) is 1.67. The summed E-state index contributed by atoms with van der Waals surface area (Å²) < 4.78 is -1.37. The lowest BCUT2D eigenvalue weighted by molar-refractivity contribution is -0.118. The van der Waals surface area contributed by atoms with Crippen molar-refractivity contribution in [3.8, 4) is 0 Å². The van der Waals surface area contributed by atoms with Crippen molar-refractivity contribution < 1.29 is 4.79 Å². The summed E-state index contributed by atoms with van der Waals surface area (Å²) in [7, 11) is 2.45. The Kier molecular flexibility index (Phi) is 7.67. The fourth-order valence-corrected chi connectivity index (χ4v) is 4.41. The maximum atomic E-state index is 12.1. The molecule has 2 nitrogen and oxygen atoms in total. The number of anilines is 1. The Bertz CT molecular complexity index is 479. The van der Waals surface area contributed by atoms with Crippen molar-refractivity contribution in [2.24, 2.45) is 5.92 Å². The monoisotopic (exact) mass is 391 g/mol. The molecule has 20 heavy (non-hydrogen) atoms. The van der Waals surface area contributed by atoms with Crippen molar-refractivity contribution in [2.45, 2.75) is 17.0 Å². The number of rotatable bonds is 5. The number of alkyl halides is 3. The van der Waals surface area contributed by atoms with Crippen LogP contribution in [-0.2, 0) is 4.79 Å². The summed E-state index contributed by atoms with van der Waals surface area (Å²) in [6, 6.07) is 5.37. The lowest BCUT2D eigenvalue weighted by Crippen LogP contribution is -2.22. The molecular weight excluding hydrogens is 380 g/mol. The van der Waals surface area contributed by atoms with E-state index in [1.54, 1.807) is 12.1 Å². The van der Waals surface area contributed by atoms with E-state index in [2.05, 4.69) is 5.32 Å². The van der Waals surface area contributed by atoms with E-state index in [1.165, 1.54) is 10.8 Å². The van der Waals surface area contributed by atoms with Crippen LogP contribution in [0.15, 0.2) is 18.2 Å². The van der Waals surface area contributed by atoms with Crippen molar-refractivity contribution in [1.82, 2.24) is 0 Å². The summed E-state index contributed by atoms with van der Waals surface area (Å²) in [4.78, 5) is 12.1. The van der Waals surface area contributed by atoms with Crippen LogP contribution in [-0.4, -0.2) is 14.8 Å². The SMILES string of the molecule is Cc1ccc(Cl)cc1NC(=O)C(C)CSSC(Cl)(Cl)Cl. The van der Waals surface area contributed by atoms with Gasteiger partial charge in [0.2, 0.25) is 9.03 Å². The Balaban J connectivity index is 2.51. The molecule has 0 aliphatic carbocycles. The molecule has 0 bridgehead atoms. The van der Waals surface area contributed by atoms with Crippen molar-refractivity contribution in [1.29, 1.82) is 0 Å². The van der Waals surface area contributed by atoms with Gasteiger partial charge >= 0.3 is 0 Å². The summed E-state index contributed by atoms with van der Waals surface area (Å²) in [5.74, 6) is 0.246. The topological polar surface area (TPSA) is 29.1 Å². The number of aryl methyl sites for hydroxylation is 1. The number of carbonyl (C=O) groups excluding carboxylic acids is 1. The van der Waals surface area contributed by atoms with Gasteiger partial charge in [0, 0.05) is 22.4 Å². The van der Waals surface area contributed by atoms with Gasteiger partial charge in [0.05, 0.1) is 0 Å². The molecule has 0 fully saturated rings. The number of benzene rings is 1. The predicted molar refractivity (Wildman–Crippen MR) is 94.3 cm³/mol. The molecule has 112 valence electrons. The van der Waals surface area contributed by atoms with Crippen LogP contribution in [0.25, 0.3) is 0 Å². The van der Waals surface area contributed by atoms with Crippen LogP contribution < -0.4 is 5.32 Å². The Morgan fingerprint density at radius 3 is 2.65 bits per heavy atom. The van der Waals surface area contributed by atoms with Crippen LogP contribution in [0.3, 0.4) is 0 Å². The van der Waals surface area contributed by atoms with Gasteiger partial charge < -0.3 is 5.32 Å². The zero-order chi connectivity index (χ0) is 15.3. The van der Waals surface area contributed by atoms with E-state index in [0.717, 1.165) is 16.4 Å². The molecule has 8 heteroatoms. The lowest BCUT2D eigenvalue weighted by atomic mass is 10.1. The Hall–Kier alpha value is 0.550. The van der Waals surface area contributed by atoms with Crippen molar-refractivity contribution >= 4 is 79.6 Å². The molecule has 1 aromatic rings. The third-order valence-electron chi connectivity index (χ3n) is 2.38. The van der Waals surface area contributed by atoms with E-state index in [0.29, 0.717) is 16.5 Å². The van der Waals surface area contributed by atoms with E-state index in [4.69, 9.17) is 46.4 Å². The second-order valence-electron chi connectivity index (χ2n) is 4.16. The number of hydrogen-bond acceptors (Lipinski definition) is 3. The number of nitrogens with one attached hydrogen (secondary N) is 1. The first kappa shape index (κ1) is 18.6. The summed E-state index contributed by atoms with van der Waals surface area (Å²) in [6.07, 6.45) is 0. The average molecular weight is 393 g/mol. The van der Waals surface area contributed by atoms with Gasteiger partial charge in [-0.15, -0.1) is 0 Å². The van der Waals surface area contributed by atoms with Gasteiger partial charge in [-0.1, -0.05) is 70.2 Å². The van der Waals surface area contributed by atoms with E-state index < -0.39 is 3.12 Å². The van der Waals surface area contributed by atoms with Gasteiger partial charge in [-0.25, -0.2) is 0 Å². The van der Waals surface area contributed by atoms with Crippen molar-refractivity contribution in [2.75, 3.05) is 11.1 Å². The standard InChI is InChI=1S/C12H13Cl4NOS2/c1-7-3-4-9(13)5-10(7)17-11(18)8(2)6-19-20-12(14,15)16/h3-5,8H,6H2,1-2H3,(H,17,18). The fraction of sp³-hybridized carbons (Fsp3) is 0.417. The maximum Gasteiger partial charge on any atom is 0.247 e. The molecule has 1 N–H and O–H groups in total. The normalized spacial score (nSPS) is 13.1. The Morgan fingerprint density at radius 1 is 1.40 bits per heavy atom. The number of amides is 1. The second-order valence-corrected chi connectivity index (χ2v) is 10.1. The molecule has 1 atom stereocenters. The van der Waals surface area contributed by atoms with Crippen molar-refractivity contribution in [3.05, 3.63) is 28.8 Å². The molecule has 0 saturated carbocycles. The molecule has 1 aromatic carbocycles. The van der Waals surface area contributed by atoms with Crippen LogP contribution in [0.4, 0.5) is 5.69 Å². The highest BCUT2D eigenvalue weighted by Crippen LogP contribution is 2.46. The fourth-order valence-electron chi connectivity index (χ4n) is 1.26. The minimum atomic E-state index is -1.37. The number of halogens is 4. The smallest absolute Gasteiger partial charge is 0.247 e. The molecule has 0 spiro atoms. The number of carbonyl (C=O) groups is 1. The highest BCUT2D eigenvalue weighted by atomic mass is 35.6. The molecule has 1 rings (SSSR count). The summed E-state index contributed by atoms with van der Waals surface area (Å²) >= 11 is 22.8. The first-order valence-corrected chi connectivity index (χ1v) is 9.46. The summed E-state index contributed by atoms with van der Waals surface area (Å²) in [6.45, 7) is 3.73. The van der Waals surface area contributed by atoms with Crippen molar-refractivity contribution in [3.63, 3.8) is 0 Å². The molecule has 0 aliphatic rings. The Labute approximate surface area is 146 Å². The zero-order valence-corrected chi connectivity index (χ0v) is 15.4. The first-order chi connectivity index (χ1) is 9.19. The third kappa shape index (κ3) is 7.01. The minimum Gasteiger partial charge on any atom is -0.326 e. The molecule has 0 aromatic heterocycles. The van der Waals surface area contributed by atoms with Crippen LogP contribution in [0, 0.1) is 12.8 Å². The van der Waals surface area contributed by atoms with E-state index in [9.17, 15) is 4.79 Å². The molecule has 1 amide bonds. The molecule has 0 heterocycles. The van der Waals surface area contributed by atoms with Gasteiger partial charge in [0.1, 0.15) is 0 Å². The second kappa shape index (κ2) is 8.25. The van der Waals surface area contributed by atoms with Gasteiger partial charge in [0.25, 0.3) is 0 Å². The molecule has 0 aliphatic heterocycles. The van der Waals surface area contributed by atoms with Crippen LogP contribution >= 0.6 is 68.0 Å².